The van der Waals surface area contributed by atoms with E-state index >= 15 is 0 Å². The highest BCUT2D eigenvalue weighted by Crippen LogP contribution is 2.40. The lowest BCUT2D eigenvalue weighted by molar-refractivity contribution is -0.105. The lowest BCUT2D eigenvalue weighted by atomic mass is 10.2. The summed E-state index contributed by atoms with van der Waals surface area (Å²) >= 11 is 0. The Morgan fingerprint density at radius 3 is 1.94 bits per heavy atom. The number of aldehydes is 1. The van der Waals surface area contributed by atoms with Crippen molar-refractivity contribution in [1.82, 2.24) is 0 Å². The first kappa shape index (κ1) is 20.2. The largest absolute Gasteiger partial charge is 0.497 e. The van der Waals surface area contributed by atoms with Gasteiger partial charge in [-0.3, -0.25) is 4.79 Å². The topological polar surface area (TPSA) is 69.5 Å². The molecule has 3 aromatic carbocycles. The smallest absolute Gasteiger partial charge is 0.174 e. The van der Waals surface area contributed by atoms with E-state index in [9.17, 15) is 4.79 Å². The van der Waals surface area contributed by atoms with Crippen molar-refractivity contribution >= 4 is 34.7 Å². The van der Waals surface area contributed by atoms with Gasteiger partial charge >= 0.3 is 0 Å². The molecule has 31 heavy (non-hydrogen) atoms. The number of nitrogens with one attached hydrogen (secondary N) is 1. The normalized spacial score (nSPS) is 12.8. The number of ether oxygens (including phenoxy) is 1. The van der Waals surface area contributed by atoms with E-state index in [2.05, 4.69) is 15.5 Å². The Morgan fingerprint density at radius 2 is 1.42 bits per heavy atom. The summed E-state index contributed by atoms with van der Waals surface area (Å²) in [5.74, 6) is 1.50. The van der Waals surface area contributed by atoms with E-state index in [0.717, 1.165) is 34.8 Å². The fourth-order valence-corrected chi connectivity index (χ4v) is 3.51. The van der Waals surface area contributed by atoms with Crippen molar-refractivity contribution in [2.24, 2.45) is 10.2 Å². The van der Waals surface area contributed by atoms with Gasteiger partial charge in [0, 0.05) is 25.5 Å². The van der Waals surface area contributed by atoms with Crippen molar-refractivity contribution in [2.75, 3.05) is 36.3 Å². The summed E-state index contributed by atoms with van der Waals surface area (Å²) in [6.45, 7) is 0. The first-order chi connectivity index (χ1) is 15.1. The van der Waals surface area contributed by atoms with Gasteiger partial charge in [0.15, 0.2) is 12.0 Å². The van der Waals surface area contributed by atoms with Crippen molar-refractivity contribution in [3.05, 3.63) is 84.3 Å². The van der Waals surface area contributed by atoms with E-state index in [1.807, 2.05) is 96.7 Å². The Balaban J connectivity index is 1.51. The number of azo groups is 1. The van der Waals surface area contributed by atoms with Crippen LogP contribution in [0.1, 0.15) is 0 Å². The Hall–Kier alpha value is -4.13. The van der Waals surface area contributed by atoms with Gasteiger partial charge in [0.1, 0.15) is 11.6 Å². The predicted octanol–water partition coefficient (Wildman–Crippen LogP) is 5.48. The van der Waals surface area contributed by atoms with Gasteiger partial charge < -0.3 is 19.9 Å². The number of benzene rings is 3. The maximum atomic E-state index is 11.8. The summed E-state index contributed by atoms with van der Waals surface area (Å²) < 4.78 is 5.17. The Bertz CT molecular complexity index is 1110. The van der Waals surface area contributed by atoms with Crippen molar-refractivity contribution in [3.8, 4) is 5.75 Å². The highest BCUT2D eigenvalue weighted by atomic mass is 16.5. The predicted molar refractivity (Wildman–Crippen MR) is 124 cm³/mol. The molecule has 1 N–H and O–H groups in total. The number of carbonyl (C=O) groups is 1. The van der Waals surface area contributed by atoms with Gasteiger partial charge in [0.25, 0.3) is 0 Å². The lowest BCUT2D eigenvalue weighted by Gasteiger charge is -2.18. The lowest BCUT2D eigenvalue weighted by Crippen LogP contribution is -2.24. The van der Waals surface area contributed by atoms with Crippen LogP contribution >= 0.6 is 0 Å². The number of nitrogens with zero attached hydrogens (tertiary/aromatic N) is 4. The van der Waals surface area contributed by atoms with E-state index in [0.29, 0.717) is 11.5 Å². The molecule has 0 unspecified atom stereocenters. The molecule has 4 rings (SSSR count). The van der Waals surface area contributed by atoms with Crippen molar-refractivity contribution in [3.63, 3.8) is 0 Å². The van der Waals surface area contributed by atoms with Gasteiger partial charge in [-0.1, -0.05) is 12.1 Å². The molecule has 0 saturated carbocycles. The second-order valence-electron chi connectivity index (χ2n) is 7.03. The number of allylic oxidation sites excluding steroid dienone is 1. The molecule has 0 saturated heterocycles. The zero-order valence-corrected chi connectivity index (χ0v) is 17.6. The molecule has 0 spiro atoms. The van der Waals surface area contributed by atoms with Crippen molar-refractivity contribution in [2.45, 2.75) is 0 Å². The molecule has 1 aliphatic rings. The quantitative estimate of drug-likeness (QED) is 0.329. The summed E-state index contributed by atoms with van der Waals surface area (Å²) in [7, 11) is 5.47. The molecule has 156 valence electrons. The highest BCUT2D eigenvalue weighted by molar-refractivity contribution is 5.87. The summed E-state index contributed by atoms with van der Waals surface area (Å²) in [6, 6.07) is 23.2. The van der Waals surface area contributed by atoms with Gasteiger partial charge in [-0.15, -0.1) is 5.11 Å². The van der Waals surface area contributed by atoms with Crippen LogP contribution in [0, 0.1) is 0 Å². The van der Waals surface area contributed by atoms with Gasteiger partial charge in [-0.25, -0.2) is 0 Å². The number of fused-ring (bicyclic) bond motifs is 1. The van der Waals surface area contributed by atoms with Gasteiger partial charge in [-0.2, -0.15) is 5.11 Å². The van der Waals surface area contributed by atoms with Crippen LogP contribution in [0.25, 0.3) is 0 Å². The minimum Gasteiger partial charge on any atom is -0.497 e. The Kier molecular flexibility index (Phi) is 5.66. The molecule has 1 aliphatic heterocycles. The van der Waals surface area contributed by atoms with Crippen LogP contribution in [-0.2, 0) is 4.79 Å². The number of methoxy groups -OCH3 is 1. The summed E-state index contributed by atoms with van der Waals surface area (Å²) in [5, 5.41) is 11.8. The van der Waals surface area contributed by atoms with Crippen LogP contribution in [0.5, 0.6) is 5.75 Å². The number of hydrogen-bond acceptors (Lipinski definition) is 7. The molecule has 1 heterocycles. The van der Waals surface area contributed by atoms with E-state index in [1.165, 1.54) is 0 Å². The number of hydrogen-bond donors (Lipinski definition) is 1. The minimum atomic E-state index is 0.265. The number of para-hydroxylation sites is 2. The molecular weight excluding hydrogens is 390 g/mol. The summed E-state index contributed by atoms with van der Waals surface area (Å²) in [5.41, 5.74) is 4.83. The molecular formula is C24H23N5O2. The van der Waals surface area contributed by atoms with Gasteiger partial charge in [0.05, 0.1) is 24.2 Å². The molecule has 0 atom stereocenters. The number of anilines is 4. The second kappa shape index (κ2) is 8.71. The maximum absolute atomic E-state index is 11.8. The van der Waals surface area contributed by atoms with Crippen LogP contribution in [-0.4, -0.2) is 27.5 Å². The average molecular weight is 413 g/mol. The van der Waals surface area contributed by atoms with Crippen LogP contribution < -0.4 is 19.9 Å². The SMILES string of the molecule is COc1ccc(Nc2ccc(/N=N/C(C=O)=C3N(C)c4ccccc4N3C)cc2)cc1. The Morgan fingerprint density at radius 1 is 0.871 bits per heavy atom. The Labute approximate surface area is 181 Å². The second-order valence-corrected chi connectivity index (χ2v) is 7.03. The molecule has 0 fully saturated rings. The zero-order valence-electron chi connectivity index (χ0n) is 17.6. The van der Waals surface area contributed by atoms with E-state index in [1.54, 1.807) is 7.11 Å². The summed E-state index contributed by atoms with van der Waals surface area (Å²) in [6.07, 6.45) is 0.733. The molecule has 0 aromatic heterocycles. The standard InChI is InChI=1S/C24H23N5O2/c1-28-22-6-4-5-7-23(22)29(2)24(28)21(16-30)27-26-19-10-8-17(9-11-19)25-18-12-14-20(31-3)15-13-18/h4-16,25H,1-3H3/b27-26+. The highest BCUT2D eigenvalue weighted by Gasteiger charge is 2.28. The molecule has 3 aromatic rings. The third-order valence-electron chi connectivity index (χ3n) is 5.10. The van der Waals surface area contributed by atoms with Crippen LogP contribution in [0.2, 0.25) is 0 Å². The number of carbonyl (C=O) groups excluding carboxylic acids is 1. The maximum Gasteiger partial charge on any atom is 0.174 e. The first-order valence-electron chi connectivity index (χ1n) is 9.79. The third-order valence-corrected chi connectivity index (χ3v) is 5.10. The van der Waals surface area contributed by atoms with Crippen LogP contribution in [0.15, 0.2) is 94.5 Å². The zero-order chi connectivity index (χ0) is 21.8. The molecule has 7 heteroatoms. The van der Waals surface area contributed by atoms with E-state index in [4.69, 9.17) is 4.74 Å². The van der Waals surface area contributed by atoms with Crippen LogP contribution in [0.4, 0.5) is 28.4 Å². The fraction of sp³-hybridized carbons (Fsp3) is 0.125. The van der Waals surface area contributed by atoms with Crippen molar-refractivity contribution in [1.29, 1.82) is 0 Å². The fourth-order valence-electron chi connectivity index (χ4n) is 3.51. The van der Waals surface area contributed by atoms with Gasteiger partial charge in [-0.05, 0) is 60.7 Å². The number of rotatable bonds is 6. The summed E-state index contributed by atoms with van der Waals surface area (Å²) in [4.78, 5) is 15.7. The first-order valence-corrected chi connectivity index (χ1v) is 9.79. The van der Waals surface area contributed by atoms with E-state index in [-0.39, 0.29) is 5.70 Å². The molecule has 0 bridgehead atoms. The third kappa shape index (κ3) is 4.11. The minimum absolute atomic E-state index is 0.265. The average Bonchev–Trinajstić information content (AvgIpc) is 3.06. The van der Waals surface area contributed by atoms with Gasteiger partial charge in [0.2, 0.25) is 0 Å². The van der Waals surface area contributed by atoms with Crippen molar-refractivity contribution < 1.29 is 9.53 Å². The molecule has 0 radical (unpaired) electrons. The molecule has 7 nitrogen and oxygen atoms in total. The molecule has 0 amide bonds. The molecule has 0 aliphatic carbocycles. The monoisotopic (exact) mass is 413 g/mol. The van der Waals surface area contributed by atoms with E-state index < -0.39 is 0 Å². The van der Waals surface area contributed by atoms with Crippen LogP contribution in [0.3, 0.4) is 0 Å².